The predicted molar refractivity (Wildman–Crippen MR) is 67.7 cm³/mol. The van der Waals surface area contributed by atoms with E-state index in [9.17, 15) is 14.7 Å². The molecular weight excluding hydrogens is 232 g/mol. The Balaban J connectivity index is 2.43. The predicted octanol–water partition coefficient (Wildman–Crippen LogP) is 0.693. The average Bonchev–Trinajstić information content (AvgIpc) is 2.26. The lowest BCUT2D eigenvalue weighted by atomic mass is 10.1. The first-order chi connectivity index (χ1) is 8.49. The van der Waals surface area contributed by atoms with Crippen molar-refractivity contribution in [2.45, 2.75) is 19.9 Å². The molecule has 0 aliphatic carbocycles. The number of aryl methyl sites for hydroxylation is 2. The number of carboxylic acids is 1. The molecule has 0 aromatic heterocycles. The molecule has 1 aliphatic rings. The van der Waals surface area contributed by atoms with Gasteiger partial charge in [0.1, 0.15) is 6.04 Å². The molecule has 18 heavy (non-hydrogen) atoms. The van der Waals surface area contributed by atoms with Crippen molar-refractivity contribution in [2.24, 2.45) is 0 Å². The highest BCUT2D eigenvalue weighted by molar-refractivity contribution is 6.01. The first-order valence-corrected chi connectivity index (χ1v) is 5.83. The molecule has 1 fully saturated rings. The van der Waals surface area contributed by atoms with Gasteiger partial charge in [0.15, 0.2) is 0 Å². The van der Waals surface area contributed by atoms with Crippen LogP contribution in [-0.4, -0.2) is 36.1 Å². The molecule has 1 unspecified atom stereocenters. The fourth-order valence-corrected chi connectivity index (χ4v) is 2.28. The summed E-state index contributed by atoms with van der Waals surface area (Å²) in [5.41, 5.74) is 2.69. The van der Waals surface area contributed by atoms with Crippen molar-refractivity contribution in [3.63, 3.8) is 0 Å². The maximum Gasteiger partial charge on any atom is 0.328 e. The quantitative estimate of drug-likeness (QED) is 0.808. The second-order valence-corrected chi connectivity index (χ2v) is 4.59. The molecule has 1 aromatic carbocycles. The van der Waals surface area contributed by atoms with Crippen LogP contribution in [0.2, 0.25) is 0 Å². The van der Waals surface area contributed by atoms with Crippen molar-refractivity contribution in [1.82, 2.24) is 5.32 Å². The third-order valence-electron chi connectivity index (χ3n) is 2.96. The number of nitrogens with one attached hydrogen (secondary N) is 1. The monoisotopic (exact) mass is 248 g/mol. The summed E-state index contributed by atoms with van der Waals surface area (Å²) in [6.45, 7) is 4.31. The number of carboxylic acid groups (broad SMARTS) is 1. The number of hydrogen-bond acceptors (Lipinski definition) is 3. The lowest BCUT2D eigenvalue weighted by Gasteiger charge is -2.33. The van der Waals surface area contributed by atoms with Crippen LogP contribution in [0.1, 0.15) is 11.1 Å². The SMILES string of the molecule is Cc1cc(C)cc(N2C(=O)CNCC2C(=O)O)c1. The molecule has 1 saturated heterocycles. The summed E-state index contributed by atoms with van der Waals surface area (Å²) >= 11 is 0. The van der Waals surface area contributed by atoms with Gasteiger partial charge in [-0.2, -0.15) is 0 Å². The molecule has 96 valence electrons. The normalized spacial score (nSPS) is 20.0. The van der Waals surface area contributed by atoms with Gasteiger partial charge in [-0.3, -0.25) is 9.69 Å². The van der Waals surface area contributed by atoms with Crippen molar-refractivity contribution >= 4 is 17.6 Å². The summed E-state index contributed by atoms with van der Waals surface area (Å²) < 4.78 is 0. The maximum absolute atomic E-state index is 11.9. The van der Waals surface area contributed by atoms with Gasteiger partial charge >= 0.3 is 5.97 Å². The minimum absolute atomic E-state index is 0.177. The number of carbonyl (C=O) groups is 2. The molecule has 0 spiro atoms. The smallest absolute Gasteiger partial charge is 0.328 e. The summed E-state index contributed by atoms with van der Waals surface area (Å²) in [5, 5.41) is 12.0. The molecule has 1 amide bonds. The lowest BCUT2D eigenvalue weighted by Crippen LogP contribution is -2.58. The number of hydrogen-bond donors (Lipinski definition) is 2. The second kappa shape index (κ2) is 4.78. The minimum atomic E-state index is -0.991. The van der Waals surface area contributed by atoms with E-state index in [1.807, 2.05) is 32.0 Å². The molecular formula is C13H16N2O3. The van der Waals surface area contributed by atoms with Crippen molar-refractivity contribution < 1.29 is 14.7 Å². The van der Waals surface area contributed by atoms with Gasteiger partial charge in [0.05, 0.1) is 6.54 Å². The van der Waals surface area contributed by atoms with E-state index < -0.39 is 12.0 Å². The van der Waals surface area contributed by atoms with E-state index in [0.717, 1.165) is 11.1 Å². The summed E-state index contributed by atoms with van der Waals surface area (Å²) in [6.07, 6.45) is 0. The van der Waals surface area contributed by atoms with Gasteiger partial charge in [-0.15, -0.1) is 0 Å². The van der Waals surface area contributed by atoms with Gasteiger partial charge in [0.2, 0.25) is 5.91 Å². The van der Waals surface area contributed by atoms with Crippen LogP contribution in [0.4, 0.5) is 5.69 Å². The van der Waals surface area contributed by atoms with Crippen molar-refractivity contribution in [3.8, 4) is 0 Å². The first-order valence-electron chi connectivity index (χ1n) is 5.83. The highest BCUT2D eigenvalue weighted by Crippen LogP contribution is 2.22. The van der Waals surface area contributed by atoms with Crippen LogP contribution in [0.15, 0.2) is 18.2 Å². The Kier molecular flexibility index (Phi) is 3.34. The van der Waals surface area contributed by atoms with E-state index in [4.69, 9.17) is 0 Å². The minimum Gasteiger partial charge on any atom is -0.480 e. The molecule has 1 atom stereocenters. The molecule has 5 nitrogen and oxygen atoms in total. The van der Waals surface area contributed by atoms with Crippen LogP contribution in [-0.2, 0) is 9.59 Å². The van der Waals surface area contributed by atoms with Crippen molar-refractivity contribution in [3.05, 3.63) is 29.3 Å². The van der Waals surface area contributed by atoms with E-state index in [-0.39, 0.29) is 19.0 Å². The topological polar surface area (TPSA) is 69.6 Å². The zero-order valence-corrected chi connectivity index (χ0v) is 10.4. The number of piperazine rings is 1. The number of rotatable bonds is 2. The largest absolute Gasteiger partial charge is 0.480 e. The van der Waals surface area contributed by atoms with E-state index >= 15 is 0 Å². The Morgan fingerprint density at radius 2 is 1.94 bits per heavy atom. The zero-order chi connectivity index (χ0) is 13.3. The van der Waals surface area contributed by atoms with Crippen LogP contribution >= 0.6 is 0 Å². The van der Waals surface area contributed by atoms with Crippen molar-refractivity contribution in [2.75, 3.05) is 18.0 Å². The summed E-state index contributed by atoms with van der Waals surface area (Å²) in [4.78, 5) is 24.5. The van der Waals surface area contributed by atoms with Gasteiger partial charge in [-0.1, -0.05) is 6.07 Å². The Morgan fingerprint density at radius 1 is 1.33 bits per heavy atom. The molecule has 1 aliphatic heterocycles. The number of amides is 1. The van der Waals surface area contributed by atoms with E-state index in [1.165, 1.54) is 4.90 Å². The molecule has 1 aromatic rings. The number of nitrogens with zero attached hydrogens (tertiary/aromatic N) is 1. The fourth-order valence-electron chi connectivity index (χ4n) is 2.28. The third kappa shape index (κ3) is 2.36. The number of carbonyl (C=O) groups excluding carboxylic acids is 1. The second-order valence-electron chi connectivity index (χ2n) is 4.59. The number of anilines is 1. The number of benzene rings is 1. The maximum atomic E-state index is 11.9. The highest BCUT2D eigenvalue weighted by atomic mass is 16.4. The Bertz CT molecular complexity index is 479. The number of aliphatic carboxylic acids is 1. The molecule has 0 radical (unpaired) electrons. The van der Waals surface area contributed by atoms with Crippen LogP contribution < -0.4 is 10.2 Å². The standard InChI is InChI=1S/C13H16N2O3/c1-8-3-9(2)5-10(4-8)15-11(13(17)18)6-14-7-12(15)16/h3-5,11,14H,6-7H2,1-2H3,(H,17,18). The average molecular weight is 248 g/mol. The fraction of sp³-hybridized carbons (Fsp3) is 0.385. The third-order valence-corrected chi connectivity index (χ3v) is 2.96. The summed E-state index contributed by atoms with van der Waals surface area (Å²) in [6, 6.07) is 4.83. The van der Waals surface area contributed by atoms with Gasteiger partial charge in [0, 0.05) is 12.2 Å². The van der Waals surface area contributed by atoms with Crippen LogP contribution in [0.25, 0.3) is 0 Å². The molecule has 1 heterocycles. The molecule has 5 heteroatoms. The van der Waals surface area contributed by atoms with E-state index in [2.05, 4.69) is 5.32 Å². The highest BCUT2D eigenvalue weighted by Gasteiger charge is 2.34. The Morgan fingerprint density at radius 3 is 2.50 bits per heavy atom. The molecule has 0 bridgehead atoms. The summed E-state index contributed by atoms with van der Waals surface area (Å²) in [7, 11) is 0. The van der Waals surface area contributed by atoms with Gasteiger partial charge in [-0.05, 0) is 37.1 Å². The first kappa shape index (κ1) is 12.6. The lowest BCUT2D eigenvalue weighted by molar-refractivity contribution is -0.140. The van der Waals surface area contributed by atoms with Crippen LogP contribution in [0.5, 0.6) is 0 Å². The molecule has 0 saturated carbocycles. The molecule has 2 N–H and O–H groups in total. The van der Waals surface area contributed by atoms with Crippen LogP contribution in [0.3, 0.4) is 0 Å². The van der Waals surface area contributed by atoms with E-state index in [1.54, 1.807) is 0 Å². The van der Waals surface area contributed by atoms with Crippen LogP contribution in [0, 0.1) is 13.8 Å². The zero-order valence-electron chi connectivity index (χ0n) is 10.4. The van der Waals surface area contributed by atoms with Crippen molar-refractivity contribution in [1.29, 1.82) is 0 Å². The van der Waals surface area contributed by atoms with Gasteiger partial charge < -0.3 is 10.4 Å². The van der Waals surface area contributed by atoms with Gasteiger partial charge in [-0.25, -0.2) is 4.79 Å². The van der Waals surface area contributed by atoms with Gasteiger partial charge in [0.25, 0.3) is 0 Å². The van der Waals surface area contributed by atoms with E-state index in [0.29, 0.717) is 5.69 Å². The summed E-state index contributed by atoms with van der Waals surface area (Å²) in [5.74, 6) is -1.20. The Labute approximate surface area is 105 Å². The Hall–Kier alpha value is -1.88. The molecule has 2 rings (SSSR count).